The van der Waals surface area contributed by atoms with Crippen LogP contribution in [0.15, 0.2) is 71.4 Å². The number of nitrogens with zero attached hydrogens (tertiary/aromatic N) is 1. The van der Waals surface area contributed by atoms with Gasteiger partial charge in [0.15, 0.2) is 0 Å². The number of rotatable bonds is 5. The molecule has 9 heteroatoms. The van der Waals surface area contributed by atoms with Gasteiger partial charge in [0.1, 0.15) is 10.7 Å². The molecule has 0 radical (unpaired) electrons. The van der Waals surface area contributed by atoms with Crippen molar-refractivity contribution in [2.75, 3.05) is 15.5 Å². The third-order valence-electron chi connectivity index (χ3n) is 5.03. The van der Waals surface area contributed by atoms with E-state index >= 15 is 0 Å². The molecule has 0 unspecified atom stereocenters. The molecule has 0 atom stereocenters. The molecule has 172 valence electrons. The minimum Gasteiger partial charge on any atom is -0.350 e. The van der Waals surface area contributed by atoms with Crippen LogP contribution in [0.1, 0.15) is 21.5 Å². The van der Waals surface area contributed by atoms with E-state index in [1.54, 1.807) is 24.3 Å². The molecule has 3 aromatic carbocycles. The second-order valence-electron chi connectivity index (χ2n) is 7.80. The summed E-state index contributed by atoms with van der Waals surface area (Å²) in [6.07, 6.45) is 0. The van der Waals surface area contributed by atoms with Crippen molar-refractivity contribution in [2.45, 2.75) is 13.8 Å². The number of nitrogens with one attached hydrogen (secondary N) is 2. The Kier molecular flexibility index (Phi) is 6.66. The van der Waals surface area contributed by atoms with Crippen molar-refractivity contribution in [3.05, 3.63) is 98.1 Å². The van der Waals surface area contributed by atoms with Crippen molar-refractivity contribution in [3.63, 3.8) is 0 Å². The topological polar surface area (TPSA) is 78.5 Å². The molecular formula is C25H18Cl3N3O3. The van der Waals surface area contributed by atoms with E-state index in [4.69, 9.17) is 34.8 Å². The number of halogens is 3. The number of carbonyl (C=O) groups is 3. The zero-order chi connectivity index (χ0) is 24.6. The molecule has 1 heterocycles. The predicted octanol–water partition coefficient (Wildman–Crippen LogP) is 6.30. The van der Waals surface area contributed by atoms with Crippen molar-refractivity contribution in [3.8, 4) is 0 Å². The van der Waals surface area contributed by atoms with Crippen LogP contribution >= 0.6 is 34.8 Å². The Hall–Kier alpha value is -3.32. The molecule has 3 aromatic rings. The number of hydrogen-bond acceptors (Lipinski definition) is 4. The summed E-state index contributed by atoms with van der Waals surface area (Å²) in [5.41, 5.74) is 3.82. The fourth-order valence-corrected chi connectivity index (χ4v) is 4.34. The summed E-state index contributed by atoms with van der Waals surface area (Å²) >= 11 is 18.2. The van der Waals surface area contributed by atoms with Gasteiger partial charge >= 0.3 is 0 Å². The van der Waals surface area contributed by atoms with E-state index in [2.05, 4.69) is 10.6 Å². The Balaban J connectivity index is 1.50. The van der Waals surface area contributed by atoms with Gasteiger partial charge in [0.05, 0.1) is 5.69 Å². The summed E-state index contributed by atoms with van der Waals surface area (Å²) in [4.78, 5) is 39.1. The Morgan fingerprint density at radius 2 is 1.35 bits per heavy atom. The second-order valence-corrected chi connectivity index (χ2v) is 9.05. The van der Waals surface area contributed by atoms with Gasteiger partial charge in [0.2, 0.25) is 0 Å². The van der Waals surface area contributed by atoms with E-state index in [-0.39, 0.29) is 32.4 Å². The van der Waals surface area contributed by atoms with E-state index in [9.17, 15) is 14.4 Å². The fourth-order valence-electron chi connectivity index (χ4n) is 3.61. The molecule has 0 aliphatic carbocycles. The number of amides is 3. The first kappa shape index (κ1) is 23.8. The van der Waals surface area contributed by atoms with Crippen LogP contribution in [0.4, 0.5) is 17.1 Å². The highest BCUT2D eigenvalue weighted by Gasteiger charge is 2.39. The quantitative estimate of drug-likeness (QED) is 0.392. The molecule has 1 aliphatic heterocycles. The van der Waals surface area contributed by atoms with E-state index in [1.807, 2.05) is 32.0 Å². The van der Waals surface area contributed by atoms with Gasteiger partial charge in [-0.05, 0) is 79.6 Å². The largest absolute Gasteiger partial charge is 0.350 e. The number of anilines is 3. The Labute approximate surface area is 211 Å². The van der Waals surface area contributed by atoms with E-state index in [0.29, 0.717) is 16.9 Å². The van der Waals surface area contributed by atoms with Gasteiger partial charge in [0, 0.05) is 27.0 Å². The normalized spacial score (nSPS) is 13.5. The molecule has 1 aliphatic rings. The van der Waals surface area contributed by atoms with Crippen LogP contribution in [0, 0.1) is 13.8 Å². The van der Waals surface area contributed by atoms with E-state index in [0.717, 1.165) is 16.0 Å². The summed E-state index contributed by atoms with van der Waals surface area (Å²) in [6, 6.07) is 16.6. The molecular weight excluding hydrogens is 497 g/mol. The molecule has 0 aromatic heterocycles. The number of imide groups is 1. The Bertz CT molecular complexity index is 1330. The molecule has 0 bridgehead atoms. The summed E-state index contributed by atoms with van der Waals surface area (Å²) in [7, 11) is 0. The van der Waals surface area contributed by atoms with Gasteiger partial charge in [-0.15, -0.1) is 0 Å². The Morgan fingerprint density at radius 1 is 0.765 bits per heavy atom. The third kappa shape index (κ3) is 4.94. The zero-order valence-corrected chi connectivity index (χ0v) is 20.3. The standard InChI is InChI=1S/C25H18Cl3N3O3/c1-13-7-14(2)9-19(8-13)30-23(32)15-3-5-18(6-4-15)29-22-21(28)24(33)31(25(22)34)20-11-16(26)10-17(27)12-20/h3-12,29H,1-2H3,(H,30,32). The Morgan fingerprint density at radius 3 is 1.94 bits per heavy atom. The summed E-state index contributed by atoms with van der Waals surface area (Å²) < 4.78 is 0. The van der Waals surface area contributed by atoms with Crippen molar-refractivity contribution < 1.29 is 14.4 Å². The number of benzene rings is 3. The average Bonchev–Trinajstić information content (AvgIpc) is 2.96. The van der Waals surface area contributed by atoms with Crippen molar-refractivity contribution in [1.29, 1.82) is 0 Å². The van der Waals surface area contributed by atoms with Crippen LogP contribution in [-0.4, -0.2) is 17.7 Å². The zero-order valence-electron chi connectivity index (χ0n) is 18.1. The summed E-state index contributed by atoms with van der Waals surface area (Å²) in [6.45, 7) is 3.92. The maximum absolute atomic E-state index is 12.9. The molecule has 4 rings (SSSR count). The lowest BCUT2D eigenvalue weighted by molar-refractivity contribution is -0.120. The first-order chi connectivity index (χ1) is 16.1. The van der Waals surface area contributed by atoms with E-state index < -0.39 is 11.8 Å². The van der Waals surface area contributed by atoms with Gasteiger partial charge < -0.3 is 10.6 Å². The van der Waals surface area contributed by atoms with Gasteiger partial charge in [-0.3, -0.25) is 14.4 Å². The summed E-state index contributed by atoms with van der Waals surface area (Å²) in [5, 5.41) is 6.02. The molecule has 2 N–H and O–H groups in total. The summed E-state index contributed by atoms with van der Waals surface area (Å²) in [5.74, 6) is -1.62. The highest BCUT2D eigenvalue weighted by atomic mass is 35.5. The minimum atomic E-state index is -0.697. The minimum absolute atomic E-state index is 0.0878. The molecule has 34 heavy (non-hydrogen) atoms. The number of aryl methyl sites for hydroxylation is 2. The predicted molar refractivity (Wildman–Crippen MR) is 136 cm³/mol. The number of hydrogen-bond donors (Lipinski definition) is 2. The highest BCUT2D eigenvalue weighted by Crippen LogP contribution is 2.33. The highest BCUT2D eigenvalue weighted by molar-refractivity contribution is 6.53. The van der Waals surface area contributed by atoms with Crippen LogP contribution in [0.3, 0.4) is 0 Å². The third-order valence-corrected chi connectivity index (χ3v) is 5.82. The van der Waals surface area contributed by atoms with Gasteiger partial charge in [-0.1, -0.05) is 40.9 Å². The lowest BCUT2D eigenvalue weighted by Gasteiger charge is -2.16. The lowest BCUT2D eigenvalue weighted by atomic mass is 10.1. The van der Waals surface area contributed by atoms with Crippen LogP contribution in [0.5, 0.6) is 0 Å². The van der Waals surface area contributed by atoms with Crippen LogP contribution in [-0.2, 0) is 9.59 Å². The molecule has 6 nitrogen and oxygen atoms in total. The van der Waals surface area contributed by atoms with Gasteiger partial charge in [-0.25, -0.2) is 4.90 Å². The van der Waals surface area contributed by atoms with Gasteiger partial charge in [0.25, 0.3) is 17.7 Å². The van der Waals surface area contributed by atoms with E-state index in [1.165, 1.54) is 18.2 Å². The van der Waals surface area contributed by atoms with Gasteiger partial charge in [-0.2, -0.15) is 0 Å². The molecule has 0 fully saturated rings. The molecule has 0 spiro atoms. The SMILES string of the molecule is Cc1cc(C)cc(NC(=O)c2ccc(NC3=C(Cl)C(=O)N(c4cc(Cl)cc(Cl)c4)C3=O)cc2)c1. The lowest BCUT2D eigenvalue weighted by Crippen LogP contribution is -2.32. The molecule has 0 saturated heterocycles. The monoisotopic (exact) mass is 513 g/mol. The maximum atomic E-state index is 12.9. The molecule has 3 amide bonds. The average molecular weight is 515 g/mol. The van der Waals surface area contributed by atoms with Crippen LogP contribution in [0.2, 0.25) is 10.0 Å². The molecule has 0 saturated carbocycles. The van der Waals surface area contributed by atoms with Crippen LogP contribution < -0.4 is 15.5 Å². The fraction of sp³-hybridized carbons (Fsp3) is 0.0800. The van der Waals surface area contributed by atoms with Crippen molar-refractivity contribution in [1.82, 2.24) is 0 Å². The maximum Gasteiger partial charge on any atom is 0.283 e. The van der Waals surface area contributed by atoms with Crippen molar-refractivity contribution >= 4 is 69.6 Å². The first-order valence-electron chi connectivity index (χ1n) is 10.1. The smallest absolute Gasteiger partial charge is 0.283 e. The first-order valence-corrected chi connectivity index (χ1v) is 11.3. The van der Waals surface area contributed by atoms with Crippen molar-refractivity contribution in [2.24, 2.45) is 0 Å². The second kappa shape index (κ2) is 9.50. The van der Waals surface area contributed by atoms with Crippen LogP contribution in [0.25, 0.3) is 0 Å². The number of carbonyl (C=O) groups excluding carboxylic acids is 3.